The van der Waals surface area contributed by atoms with Crippen LogP contribution in [0.4, 0.5) is 0 Å². The van der Waals surface area contributed by atoms with Crippen molar-refractivity contribution >= 4 is 21.8 Å². The fourth-order valence-electron chi connectivity index (χ4n) is 3.03. The Hall–Kier alpha value is -2.79. The lowest BCUT2D eigenvalue weighted by Crippen LogP contribution is -2.00. The zero-order valence-electron chi connectivity index (χ0n) is 13.6. The number of pyridine rings is 3. The van der Waals surface area contributed by atoms with Gasteiger partial charge in [0.05, 0.1) is 11.8 Å². The van der Waals surface area contributed by atoms with E-state index < -0.39 is 6.10 Å². The molecular weight excluding hydrogens is 300 g/mol. The minimum Gasteiger partial charge on any atom is -0.387 e. The molecule has 5 heteroatoms. The van der Waals surface area contributed by atoms with Crippen molar-refractivity contribution in [3.8, 4) is 11.3 Å². The van der Waals surface area contributed by atoms with E-state index in [0.717, 1.165) is 38.6 Å². The fraction of sp³-hybridized carbons (Fsp3) is 0.211. The molecule has 0 radical (unpaired) electrons. The normalized spacial score (nSPS) is 12.8. The van der Waals surface area contributed by atoms with Crippen LogP contribution in [0.25, 0.3) is 33.1 Å². The molecular formula is C19H18N4O. The number of nitrogens with zero attached hydrogens (tertiary/aromatic N) is 3. The molecule has 0 bridgehead atoms. The van der Waals surface area contributed by atoms with Crippen LogP contribution in [-0.4, -0.2) is 25.0 Å². The van der Waals surface area contributed by atoms with Gasteiger partial charge < -0.3 is 10.1 Å². The lowest BCUT2D eigenvalue weighted by atomic mass is 10.0. The van der Waals surface area contributed by atoms with Crippen molar-refractivity contribution in [2.75, 3.05) is 0 Å². The largest absolute Gasteiger partial charge is 0.387 e. The summed E-state index contributed by atoms with van der Waals surface area (Å²) >= 11 is 0. The monoisotopic (exact) mass is 318 g/mol. The SMILES string of the molecule is CCC(O)c1cc(C)c(-c2cc3cnc4nccc4c3c[nH]2)cn1. The molecule has 4 aromatic heterocycles. The topological polar surface area (TPSA) is 74.7 Å². The molecule has 0 saturated heterocycles. The highest BCUT2D eigenvalue weighted by Gasteiger charge is 2.11. The van der Waals surface area contributed by atoms with Crippen molar-refractivity contribution in [1.82, 2.24) is 19.9 Å². The molecule has 0 aliphatic carbocycles. The van der Waals surface area contributed by atoms with Crippen LogP contribution >= 0.6 is 0 Å². The molecule has 120 valence electrons. The third-order valence-electron chi connectivity index (χ3n) is 4.43. The Labute approximate surface area is 139 Å². The Bertz CT molecular complexity index is 1040. The van der Waals surface area contributed by atoms with Crippen LogP contribution in [0.5, 0.6) is 0 Å². The highest BCUT2D eigenvalue weighted by molar-refractivity contribution is 6.04. The highest BCUT2D eigenvalue weighted by Crippen LogP contribution is 2.28. The second-order valence-corrected chi connectivity index (χ2v) is 6.00. The van der Waals surface area contributed by atoms with E-state index in [1.807, 2.05) is 44.6 Å². The highest BCUT2D eigenvalue weighted by atomic mass is 16.3. The summed E-state index contributed by atoms with van der Waals surface area (Å²) < 4.78 is 0. The maximum Gasteiger partial charge on any atom is 0.159 e. The van der Waals surface area contributed by atoms with Crippen molar-refractivity contribution in [1.29, 1.82) is 0 Å². The molecule has 0 fully saturated rings. The summed E-state index contributed by atoms with van der Waals surface area (Å²) in [5.41, 5.74) is 4.55. The van der Waals surface area contributed by atoms with Gasteiger partial charge >= 0.3 is 0 Å². The zero-order chi connectivity index (χ0) is 16.7. The van der Waals surface area contributed by atoms with Crippen LogP contribution in [0.1, 0.15) is 30.7 Å². The minimum absolute atomic E-state index is 0.513. The smallest absolute Gasteiger partial charge is 0.159 e. The van der Waals surface area contributed by atoms with Gasteiger partial charge in [-0.05, 0) is 37.1 Å². The molecule has 0 spiro atoms. The first-order valence-electron chi connectivity index (χ1n) is 8.04. The number of H-pyrrole nitrogens is 1. The van der Waals surface area contributed by atoms with Crippen LogP contribution in [0.3, 0.4) is 0 Å². The molecule has 5 nitrogen and oxygen atoms in total. The molecule has 0 saturated carbocycles. The lowest BCUT2D eigenvalue weighted by Gasteiger charge is -2.12. The maximum atomic E-state index is 9.95. The molecule has 0 aromatic carbocycles. The summed E-state index contributed by atoms with van der Waals surface area (Å²) in [6, 6.07) is 6.00. The van der Waals surface area contributed by atoms with E-state index in [-0.39, 0.29) is 0 Å². The number of aryl methyl sites for hydroxylation is 1. The first kappa shape index (κ1) is 14.8. The van der Waals surface area contributed by atoms with Gasteiger partial charge in [0, 0.05) is 52.2 Å². The first-order valence-corrected chi connectivity index (χ1v) is 8.04. The Balaban J connectivity index is 1.83. The number of aromatic amines is 1. The second kappa shape index (κ2) is 5.69. The minimum atomic E-state index is -0.513. The predicted molar refractivity (Wildman–Crippen MR) is 94.6 cm³/mol. The van der Waals surface area contributed by atoms with E-state index in [9.17, 15) is 5.11 Å². The molecule has 4 heterocycles. The van der Waals surface area contributed by atoms with Crippen molar-refractivity contribution < 1.29 is 5.11 Å². The second-order valence-electron chi connectivity index (χ2n) is 6.00. The Morgan fingerprint density at radius 1 is 1.12 bits per heavy atom. The van der Waals surface area contributed by atoms with E-state index in [1.54, 1.807) is 6.20 Å². The average Bonchev–Trinajstić information content (AvgIpc) is 3.09. The molecule has 1 unspecified atom stereocenters. The molecule has 1 atom stereocenters. The van der Waals surface area contributed by atoms with E-state index in [0.29, 0.717) is 12.1 Å². The van der Waals surface area contributed by atoms with Gasteiger partial charge in [-0.2, -0.15) is 0 Å². The Morgan fingerprint density at radius 3 is 2.79 bits per heavy atom. The molecule has 0 amide bonds. The fourth-order valence-corrected chi connectivity index (χ4v) is 3.03. The van der Waals surface area contributed by atoms with E-state index in [2.05, 4.69) is 26.0 Å². The van der Waals surface area contributed by atoms with Crippen LogP contribution in [0.2, 0.25) is 0 Å². The first-order chi connectivity index (χ1) is 11.7. The molecule has 4 aromatic rings. The summed E-state index contributed by atoms with van der Waals surface area (Å²) in [4.78, 5) is 16.4. The molecule has 4 rings (SSSR count). The van der Waals surface area contributed by atoms with Crippen LogP contribution < -0.4 is 0 Å². The van der Waals surface area contributed by atoms with Gasteiger partial charge in [0.25, 0.3) is 0 Å². The van der Waals surface area contributed by atoms with Gasteiger partial charge in [0.2, 0.25) is 0 Å². The number of hydrogen-bond acceptors (Lipinski definition) is 4. The number of hydrogen-bond donors (Lipinski definition) is 2. The zero-order valence-corrected chi connectivity index (χ0v) is 13.6. The van der Waals surface area contributed by atoms with E-state index >= 15 is 0 Å². The standard InChI is InChI=1S/C19H18N4O/c1-3-18(24)17-6-11(2)14(9-22-17)16-7-12-8-23-19-13(4-5-20-19)15(12)10-21-16/h4-10,18,21,24H,3H2,1-2H3. The van der Waals surface area contributed by atoms with Crippen molar-refractivity contribution in [2.24, 2.45) is 0 Å². The van der Waals surface area contributed by atoms with Crippen LogP contribution in [0, 0.1) is 6.92 Å². The number of aliphatic hydroxyl groups excluding tert-OH is 1. The lowest BCUT2D eigenvalue weighted by molar-refractivity contribution is 0.169. The number of aromatic nitrogens is 4. The van der Waals surface area contributed by atoms with E-state index in [1.165, 1.54) is 0 Å². The van der Waals surface area contributed by atoms with Gasteiger partial charge in [-0.1, -0.05) is 6.92 Å². The summed E-state index contributed by atoms with van der Waals surface area (Å²) in [5.74, 6) is 0. The molecule has 2 N–H and O–H groups in total. The molecule has 24 heavy (non-hydrogen) atoms. The Morgan fingerprint density at radius 2 is 2.00 bits per heavy atom. The van der Waals surface area contributed by atoms with Gasteiger partial charge in [-0.3, -0.25) is 4.98 Å². The predicted octanol–water partition coefficient (Wildman–Crippen LogP) is 3.92. The number of nitrogens with one attached hydrogen (secondary N) is 1. The van der Waals surface area contributed by atoms with E-state index in [4.69, 9.17) is 0 Å². The quantitative estimate of drug-likeness (QED) is 0.600. The Kier molecular flexibility index (Phi) is 3.50. The van der Waals surface area contributed by atoms with Crippen molar-refractivity contribution in [3.05, 3.63) is 54.2 Å². The number of fused-ring (bicyclic) bond motifs is 3. The maximum absolute atomic E-state index is 9.95. The molecule has 0 aliphatic heterocycles. The summed E-state index contributed by atoms with van der Waals surface area (Å²) in [5, 5.41) is 13.2. The molecule has 0 aliphatic rings. The van der Waals surface area contributed by atoms with Crippen LogP contribution in [0.15, 0.2) is 43.0 Å². The van der Waals surface area contributed by atoms with Gasteiger partial charge in [0.15, 0.2) is 5.65 Å². The average molecular weight is 318 g/mol. The third-order valence-corrected chi connectivity index (χ3v) is 4.43. The number of rotatable bonds is 3. The summed E-state index contributed by atoms with van der Waals surface area (Å²) in [6.45, 7) is 3.97. The van der Waals surface area contributed by atoms with Gasteiger partial charge in [-0.15, -0.1) is 0 Å². The summed E-state index contributed by atoms with van der Waals surface area (Å²) in [7, 11) is 0. The van der Waals surface area contributed by atoms with Crippen molar-refractivity contribution in [2.45, 2.75) is 26.4 Å². The van der Waals surface area contributed by atoms with Crippen LogP contribution in [-0.2, 0) is 0 Å². The third kappa shape index (κ3) is 2.34. The summed E-state index contributed by atoms with van der Waals surface area (Å²) in [6.07, 6.45) is 7.57. The number of aliphatic hydroxyl groups is 1. The van der Waals surface area contributed by atoms with Crippen molar-refractivity contribution in [3.63, 3.8) is 0 Å². The van der Waals surface area contributed by atoms with Gasteiger partial charge in [0.1, 0.15) is 0 Å². The van der Waals surface area contributed by atoms with Gasteiger partial charge in [-0.25, -0.2) is 9.97 Å².